The summed E-state index contributed by atoms with van der Waals surface area (Å²) in [6.45, 7) is 0.382. The van der Waals surface area contributed by atoms with E-state index in [1.165, 1.54) is 48.3 Å². The zero-order valence-corrected chi connectivity index (χ0v) is 32.7. The van der Waals surface area contributed by atoms with Crippen LogP contribution in [0.1, 0.15) is 22.3 Å². The maximum Gasteiger partial charge on any atom is 0.420 e. The minimum atomic E-state index is -4.63. The molecule has 0 spiro atoms. The zero-order chi connectivity index (χ0) is 44.3. The molecule has 4 amide bonds. The standard InChI is InChI=1S/2C22H17F4N3O2/c2*1-31-20-9-13-4-6-29(19(13)11-18(20)22(24,25)26)21(30)28-17-8-15(7-16(23)10-17)14-3-2-5-27-12-14/h2*2-3,5,7-12H,4,6H2,1H3,(H,28,30). The van der Waals surface area contributed by atoms with Crippen molar-refractivity contribution in [2.45, 2.75) is 25.2 Å². The van der Waals surface area contributed by atoms with Crippen molar-refractivity contribution in [3.8, 4) is 33.8 Å². The van der Waals surface area contributed by atoms with Crippen molar-refractivity contribution in [2.24, 2.45) is 0 Å². The van der Waals surface area contributed by atoms with Crippen LogP contribution in [0.15, 0.2) is 110 Å². The fourth-order valence-electron chi connectivity index (χ4n) is 7.14. The van der Waals surface area contributed by atoms with E-state index >= 15 is 0 Å². The van der Waals surface area contributed by atoms with Gasteiger partial charge < -0.3 is 20.1 Å². The first-order valence-electron chi connectivity index (χ1n) is 18.7. The highest BCUT2D eigenvalue weighted by Gasteiger charge is 2.39. The normalized spacial score (nSPS) is 13.1. The van der Waals surface area contributed by atoms with Gasteiger partial charge in [-0.2, -0.15) is 26.3 Å². The average molecular weight is 863 g/mol. The fraction of sp³-hybridized carbons (Fsp3) is 0.182. The highest BCUT2D eigenvalue weighted by Crippen LogP contribution is 2.44. The molecule has 0 saturated heterocycles. The molecule has 0 bridgehead atoms. The second-order valence-corrected chi connectivity index (χ2v) is 14.0. The first-order valence-corrected chi connectivity index (χ1v) is 18.7. The van der Waals surface area contributed by atoms with Crippen molar-refractivity contribution in [3.05, 3.63) is 144 Å². The number of hydrogen-bond acceptors (Lipinski definition) is 6. The number of benzene rings is 4. The summed E-state index contributed by atoms with van der Waals surface area (Å²) in [5.74, 6) is -1.72. The molecule has 8 rings (SSSR count). The van der Waals surface area contributed by atoms with Crippen molar-refractivity contribution in [1.29, 1.82) is 0 Å². The number of aromatic nitrogens is 2. The van der Waals surface area contributed by atoms with Gasteiger partial charge in [0.05, 0.1) is 25.3 Å². The molecule has 18 heteroatoms. The van der Waals surface area contributed by atoms with Crippen molar-refractivity contribution in [1.82, 2.24) is 9.97 Å². The van der Waals surface area contributed by atoms with E-state index in [1.807, 2.05) is 0 Å². The molecule has 0 saturated carbocycles. The lowest BCUT2D eigenvalue weighted by atomic mass is 10.1. The fourth-order valence-corrected chi connectivity index (χ4v) is 7.14. The minimum Gasteiger partial charge on any atom is -0.496 e. The lowest BCUT2D eigenvalue weighted by Crippen LogP contribution is -2.33. The lowest BCUT2D eigenvalue weighted by molar-refractivity contribution is -0.139. The molecule has 2 N–H and O–H groups in total. The number of hydrogen-bond donors (Lipinski definition) is 2. The molecule has 4 heterocycles. The van der Waals surface area contributed by atoms with Gasteiger partial charge in [-0.25, -0.2) is 18.4 Å². The number of pyridine rings is 2. The van der Waals surface area contributed by atoms with E-state index < -0.39 is 47.2 Å². The van der Waals surface area contributed by atoms with Gasteiger partial charge in [0.15, 0.2) is 0 Å². The van der Waals surface area contributed by atoms with Crippen LogP contribution in [0.3, 0.4) is 0 Å². The van der Waals surface area contributed by atoms with Gasteiger partial charge in [0.2, 0.25) is 0 Å². The van der Waals surface area contributed by atoms with Gasteiger partial charge in [0.25, 0.3) is 0 Å². The van der Waals surface area contributed by atoms with Crippen LogP contribution >= 0.6 is 0 Å². The van der Waals surface area contributed by atoms with E-state index in [0.717, 1.165) is 24.3 Å². The van der Waals surface area contributed by atoms with Gasteiger partial charge in [0, 0.05) is 71.8 Å². The van der Waals surface area contributed by atoms with Gasteiger partial charge in [-0.3, -0.25) is 19.8 Å². The average Bonchev–Trinajstić information content (AvgIpc) is 3.86. The summed E-state index contributed by atoms with van der Waals surface area (Å²) in [5.41, 5.74) is 2.20. The maximum absolute atomic E-state index is 14.1. The summed E-state index contributed by atoms with van der Waals surface area (Å²) in [7, 11) is 2.33. The van der Waals surface area contributed by atoms with Crippen molar-refractivity contribution >= 4 is 34.8 Å². The number of anilines is 4. The van der Waals surface area contributed by atoms with Gasteiger partial charge >= 0.3 is 24.4 Å². The predicted octanol–water partition coefficient (Wildman–Crippen LogP) is 11.0. The molecule has 320 valence electrons. The monoisotopic (exact) mass is 862 g/mol. The Kier molecular flexibility index (Phi) is 12.0. The summed E-state index contributed by atoms with van der Waals surface area (Å²) < 4.78 is 118. The summed E-state index contributed by atoms with van der Waals surface area (Å²) in [5, 5.41) is 5.15. The molecule has 2 aliphatic heterocycles. The third-order valence-electron chi connectivity index (χ3n) is 9.98. The van der Waals surface area contributed by atoms with Gasteiger partial charge in [0.1, 0.15) is 23.1 Å². The molecule has 0 fully saturated rings. The molecule has 6 aromatic rings. The van der Waals surface area contributed by atoms with Crippen molar-refractivity contribution in [2.75, 3.05) is 47.7 Å². The van der Waals surface area contributed by atoms with Crippen LogP contribution in [-0.4, -0.2) is 49.3 Å². The SMILES string of the molecule is COc1cc2c(cc1C(F)(F)F)N(C(=O)Nc1cc(F)cc(-c3cccnc3)c1)CC2.COc1cc2c(cc1C(F)(F)F)N(C(=O)Nc1cc(F)cc(-c3cccnc3)c1)CC2. The lowest BCUT2D eigenvalue weighted by Gasteiger charge is -2.20. The largest absolute Gasteiger partial charge is 0.496 e. The van der Waals surface area contributed by atoms with E-state index in [4.69, 9.17) is 9.47 Å². The molecule has 10 nitrogen and oxygen atoms in total. The van der Waals surface area contributed by atoms with E-state index in [-0.39, 0.29) is 47.3 Å². The molecular formula is C44H34F8N6O4. The molecule has 0 atom stereocenters. The van der Waals surface area contributed by atoms with Crippen LogP contribution in [0, 0.1) is 11.6 Å². The Morgan fingerprint density at radius 1 is 0.581 bits per heavy atom. The Balaban J connectivity index is 0.000000186. The topological polar surface area (TPSA) is 109 Å². The molecule has 0 radical (unpaired) electrons. The Morgan fingerprint density at radius 2 is 0.984 bits per heavy atom. The van der Waals surface area contributed by atoms with Crippen LogP contribution in [0.2, 0.25) is 0 Å². The van der Waals surface area contributed by atoms with Crippen molar-refractivity contribution in [3.63, 3.8) is 0 Å². The van der Waals surface area contributed by atoms with E-state index in [2.05, 4.69) is 20.6 Å². The molecule has 0 aliphatic carbocycles. The van der Waals surface area contributed by atoms with Gasteiger partial charge in [-0.05, 0) is 108 Å². The molecule has 0 unspecified atom stereocenters. The summed E-state index contributed by atoms with van der Waals surface area (Å²) in [6, 6.07) is 18.1. The number of rotatable bonds is 6. The van der Waals surface area contributed by atoms with Crippen LogP contribution in [0.4, 0.5) is 67.5 Å². The molecular weight excluding hydrogens is 829 g/mol. The Morgan fingerprint density at radius 3 is 1.32 bits per heavy atom. The van der Waals surface area contributed by atoms with E-state index in [0.29, 0.717) is 46.2 Å². The number of nitrogens with one attached hydrogen (secondary N) is 2. The minimum absolute atomic E-state index is 0.148. The highest BCUT2D eigenvalue weighted by atomic mass is 19.4. The Labute approximate surface area is 348 Å². The maximum atomic E-state index is 14.1. The number of halogens is 8. The van der Waals surface area contributed by atoms with Crippen molar-refractivity contribution < 1.29 is 54.2 Å². The van der Waals surface area contributed by atoms with Crippen LogP contribution < -0.4 is 29.9 Å². The molecule has 62 heavy (non-hydrogen) atoms. The van der Waals surface area contributed by atoms with E-state index in [1.54, 1.807) is 61.2 Å². The second-order valence-electron chi connectivity index (χ2n) is 14.0. The number of alkyl halides is 6. The van der Waals surface area contributed by atoms with Gasteiger partial charge in [-0.15, -0.1) is 0 Å². The molecule has 2 aromatic heterocycles. The molecule has 4 aromatic carbocycles. The van der Waals surface area contributed by atoms with Crippen LogP contribution in [0.5, 0.6) is 11.5 Å². The van der Waals surface area contributed by atoms with E-state index in [9.17, 15) is 44.7 Å². The quantitative estimate of drug-likeness (QED) is 0.161. The summed E-state index contributed by atoms with van der Waals surface area (Å²) in [4.78, 5) is 36.0. The van der Waals surface area contributed by atoms with Gasteiger partial charge in [-0.1, -0.05) is 12.1 Å². The van der Waals surface area contributed by atoms with Crippen LogP contribution in [-0.2, 0) is 25.2 Å². The van der Waals surface area contributed by atoms with Crippen LogP contribution in [0.25, 0.3) is 22.3 Å². The number of ether oxygens (including phenoxy) is 2. The number of carbonyl (C=O) groups is 2. The third kappa shape index (κ3) is 9.38. The molecule has 2 aliphatic rings. The Hall–Kier alpha value is -7.24. The number of amides is 4. The zero-order valence-electron chi connectivity index (χ0n) is 32.7. The number of methoxy groups -OCH3 is 2. The number of fused-ring (bicyclic) bond motifs is 2. The highest BCUT2D eigenvalue weighted by molar-refractivity contribution is 6.04. The first kappa shape index (κ1) is 42.9. The second kappa shape index (κ2) is 17.4. The number of urea groups is 2. The number of carbonyl (C=O) groups excluding carboxylic acids is 2. The predicted molar refractivity (Wildman–Crippen MR) is 215 cm³/mol. The summed E-state index contributed by atoms with van der Waals surface area (Å²) >= 11 is 0. The Bertz CT molecular complexity index is 2450. The smallest absolute Gasteiger partial charge is 0.420 e. The summed E-state index contributed by atoms with van der Waals surface area (Å²) in [6.07, 6.45) is -2.23. The third-order valence-corrected chi connectivity index (χ3v) is 9.98. The first-order chi connectivity index (χ1) is 29.5. The number of nitrogens with zero attached hydrogens (tertiary/aromatic N) is 4.